The third-order valence-electron chi connectivity index (χ3n) is 4.15. The van der Waals surface area contributed by atoms with Crippen molar-refractivity contribution in [1.29, 1.82) is 0 Å². The second kappa shape index (κ2) is 10.1. The summed E-state index contributed by atoms with van der Waals surface area (Å²) in [4.78, 5) is 12.3. The van der Waals surface area contributed by atoms with Crippen LogP contribution >= 0.6 is 35.0 Å². The lowest BCUT2D eigenvalue weighted by Crippen LogP contribution is -2.14. The Morgan fingerprint density at radius 3 is 2.40 bits per heavy atom. The molecule has 1 heterocycles. The molecule has 7 nitrogen and oxygen atoms in total. The number of hydrogen-bond donors (Lipinski definition) is 1. The first kappa shape index (κ1) is 22.3. The van der Waals surface area contributed by atoms with E-state index in [4.69, 9.17) is 32.7 Å². The molecule has 0 saturated heterocycles. The molecule has 30 heavy (non-hydrogen) atoms. The van der Waals surface area contributed by atoms with Gasteiger partial charge in [-0.15, -0.1) is 10.2 Å². The highest BCUT2D eigenvalue weighted by atomic mass is 35.5. The van der Waals surface area contributed by atoms with Crippen molar-refractivity contribution in [2.75, 3.05) is 25.3 Å². The molecule has 0 aliphatic carbocycles. The lowest BCUT2D eigenvalue weighted by molar-refractivity contribution is -0.113. The highest BCUT2D eigenvalue weighted by molar-refractivity contribution is 7.99. The van der Waals surface area contributed by atoms with Gasteiger partial charge in [-0.3, -0.25) is 4.79 Å². The number of aromatic nitrogens is 3. The van der Waals surface area contributed by atoms with Crippen LogP contribution in [0.2, 0.25) is 10.0 Å². The van der Waals surface area contributed by atoms with Crippen LogP contribution in [-0.4, -0.2) is 40.6 Å². The van der Waals surface area contributed by atoms with Gasteiger partial charge in [-0.25, -0.2) is 0 Å². The smallest absolute Gasteiger partial charge is 0.234 e. The van der Waals surface area contributed by atoms with Crippen LogP contribution in [0.15, 0.2) is 41.6 Å². The van der Waals surface area contributed by atoms with Gasteiger partial charge in [0.25, 0.3) is 0 Å². The number of hydrogen-bond acceptors (Lipinski definition) is 6. The summed E-state index contributed by atoms with van der Waals surface area (Å²) in [5, 5.41) is 12.9. The van der Waals surface area contributed by atoms with Gasteiger partial charge in [-0.1, -0.05) is 35.0 Å². The normalized spacial score (nSPS) is 10.7. The molecule has 0 bridgehead atoms. The Hall–Kier alpha value is -2.42. The Kier molecular flexibility index (Phi) is 7.47. The van der Waals surface area contributed by atoms with E-state index in [9.17, 15) is 4.79 Å². The molecule has 0 spiro atoms. The van der Waals surface area contributed by atoms with Crippen LogP contribution < -0.4 is 14.8 Å². The number of carbonyl (C=O) groups is 1. The molecule has 0 saturated carbocycles. The van der Waals surface area contributed by atoms with Crippen molar-refractivity contribution < 1.29 is 14.3 Å². The Morgan fingerprint density at radius 1 is 1.07 bits per heavy atom. The fourth-order valence-corrected chi connectivity index (χ4v) is 4.15. The van der Waals surface area contributed by atoms with E-state index >= 15 is 0 Å². The number of methoxy groups -OCH3 is 2. The number of rotatable bonds is 8. The fourth-order valence-electron chi connectivity index (χ4n) is 2.82. The first-order valence-electron chi connectivity index (χ1n) is 8.99. The number of nitrogens with one attached hydrogen (secondary N) is 1. The number of halogens is 2. The van der Waals surface area contributed by atoms with Gasteiger partial charge in [0.15, 0.2) is 22.5 Å². The van der Waals surface area contributed by atoms with Crippen LogP contribution in [0.1, 0.15) is 6.92 Å². The van der Waals surface area contributed by atoms with Crippen LogP contribution in [0.5, 0.6) is 11.5 Å². The van der Waals surface area contributed by atoms with E-state index < -0.39 is 0 Å². The second-order valence-corrected chi connectivity index (χ2v) is 7.93. The summed E-state index contributed by atoms with van der Waals surface area (Å²) >= 11 is 13.2. The average Bonchev–Trinajstić information content (AvgIpc) is 3.13. The van der Waals surface area contributed by atoms with Crippen molar-refractivity contribution in [3.8, 4) is 22.9 Å². The number of carbonyl (C=O) groups excluding carboxylic acids is 1. The molecular formula is C20H20Cl2N4O3S. The van der Waals surface area contributed by atoms with E-state index in [0.717, 1.165) is 5.56 Å². The third-order valence-corrected chi connectivity index (χ3v) is 5.56. The van der Waals surface area contributed by atoms with E-state index in [1.807, 2.05) is 29.7 Å². The van der Waals surface area contributed by atoms with E-state index in [-0.39, 0.29) is 11.7 Å². The van der Waals surface area contributed by atoms with Crippen molar-refractivity contribution in [2.24, 2.45) is 0 Å². The number of benzene rings is 2. The molecule has 10 heteroatoms. The Balaban J connectivity index is 1.73. The SMILES string of the molecule is CCn1c(SCC(=O)Nc2cc(Cl)cc(Cl)c2)nnc1-c1ccc(OC)c(OC)c1. The fraction of sp³-hybridized carbons (Fsp3) is 0.250. The molecule has 2 aromatic carbocycles. The monoisotopic (exact) mass is 466 g/mol. The van der Waals surface area contributed by atoms with Crippen LogP contribution in [0.25, 0.3) is 11.4 Å². The van der Waals surface area contributed by atoms with Crippen molar-refractivity contribution in [2.45, 2.75) is 18.6 Å². The van der Waals surface area contributed by atoms with Gasteiger partial charge in [-0.05, 0) is 43.3 Å². The number of nitrogens with zero attached hydrogens (tertiary/aromatic N) is 3. The quantitative estimate of drug-likeness (QED) is 0.469. The van der Waals surface area contributed by atoms with E-state index in [2.05, 4.69) is 15.5 Å². The largest absolute Gasteiger partial charge is 0.493 e. The van der Waals surface area contributed by atoms with Crippen molar-refractivity contribution in [3.63, 3.8) is 0 Å². The molecule has 1 N–H and O–H groups in total. The first-order chi connectivity index (χ1) is 14.4. The average molecular weight is 467 g/mol. The maximum atomic E-state index is 12.3. The summed E-state index contributed by atoms with van der Waals surface area (Å²) in [7, 11) is 3.17. The number of anilines is 1. The van der Waals surface area contributed by atoms with Gasteiger partial charge in [-0.2, -0.15) is 0 Å². The summed E-state index contributed by atoms with van der Waals surface area (Å²) < 4.78 is 12.6. The zero-order chi connectivity index (χ0) is 21.7. The summed E-state index contributed by atoms with van der Waals surface area (Å²) in [6, 6.07) is 10.4. The molecule has 0 unspecified atom stereocenters. The topological polar surface area (TPSA) is 78.3 Å². The predicted octanol–water partition coefficient (Wildman–Crippen LogP) is 5.02. The number of thioether (sulfide) groups is 1. The van der Waals surface area contributed by atoms with E-state index in [1.54, 1.807) is 32.4 Å². The van der Waals surface area contributed by atoms with Crippen molar-refractivity contribution in [3.05, 3.63) is 46.4 Å². The van der Waals surface area contributed by atoms with Gasteiger partial charge in [0.1, 0.15) is 0 Å². The maximum absolute atomic E-state index is 12.3. The van der Waals surface area contributed by atoms with Gasteiger partial charge >= 0.3 is 0 Å². The van der Waals surface area contributed by atoms with Gasteiger partial charge < -0.3 is 19.4 Å². The number of ether oxygens (including phenoxy) is 2. The Morgan fingerprint density at radius 2 is 1.77 bits per heavy atom. The highest BCUT2D eigenvalue weighted by Crippen LogP contribution is 2.33. The van der Waals surface area contributed by atoms with Crippen LogP contribution in [0.4, 0.5) is 5.69 Å². The molecule has 0 atom stereocenters. The molecule has 1 amide bonds. The first-order valence-corrected chi connectivity index (χ1v) is 10.7. The molecule has 0 aliphatic heterocycles. The molecule has 0 aliphatic rings. The van der Waals surface area contributed by atoms with Gasteiger partial charge in [0.2, 0.25) is 5.91 Å². The highest BCUT2D eigenvalue weighted by Gasteiger charge is 2.16. The molecule has 1 aromatic heterocycles. The lowest BCUT2D eigenvalue weighted by Gasteiger charge is -2.11. The predicted molar refractivity (Wildman–Crippen MR) is 120 cm³/mol. The minimum atomic E-state index is -0.198. The zero-order valence-electron chi connectivity index (χ0n) is 16.6. The third kappa shape index (κ3) is 5.19. The van der Waals surface area contributed by atoms with Crippen molar-refractivity contribution in [1.82, 2.24) is 14.8 Å². The summed E-state index contributed by atoms with van der Waals surface area (Å²) in [5.41, 5.74) is 1.38. The maximum Gasteiger partial charge on any atom is 0.234 e. The Bertz CT molecular complexity index is 1040. The van der Waals surface area contributed by atoms with Gasteiger partial charge in [0.05, 0.1) is 20.0 Å². The molecule has 158 valence electrons. The minimum Gasteiger partial charge on any atom is -0.493 e. The van der Waals surface area contributed by atoms with Crippen LogP contribution in [0, 0.1) is 0 Å². The summed E-state index contributed by atoms with van der Waals surface area (Å²) in [6.45, 7) is 2.64. The molecule has 3 rings (SSSR count). The number of amides is 1. The lowest BCUT2D eigenvalue weighted by atomic mass is 10.2. The molecule has 0 radical (unpaired) electrons. The molecule has 0 fully saturated rings. The standard InChI is InChI=1S/C20H20Cl2N4O3S/c1-4-26-19(12-5-6-16(28-2)17(7-12)29-3)24-25-20(26)30-11-18(27)23-15-9-13(21)8-14(22)10-15/h5-10H,4,11H2,1-3H3,(H,23,27). The Labute approximate surface area is 188 Å². The second-order valence-electron chi connectivity index (χ2n) is 6.12. The molecule has 3 aromatic rings. The zero-order valence-corrected chi connectivity index (χ0v) is 18.9. The van der Waals surface area contributed by atoms with E-state index in [1.165, 1.54) is 11.8 Å². The van der Waals surface area contributed by atoms with Crippen molar-refractivity contribution >= 4 is 46.6 Å². The van der Waals surface area contributed by atoms with Crippen LogP contribution in [-0.2, 0) is 11.3 Å². The molecular weight excluding hydrogens is 447 g/mol. The minimum absolute atomic E-state index is 0.161. The van der Waals surface area contributed by atoms with Gasteiger partial charge in [0, 0.05) is 27.8 Å². The van der Waals surface area contributed by atoms with E-state index in [0.29, 0.717) is 44.8 Å². The van der Waals surface area contributed by atoms with Crippen LogP contribution in [0.3, 0.4) is 0 Å². The summed E-state index contributed by atoms with van der Waals surface area (Å²) in [5.74, 6) is 1.89. The summed E-state index contributed by atoms with van der Waals surface area (Å²) in [6.07, 6.45) is 0.